The standard InChI is InChI=1S/C15H16BrClN2O/c1-2-20-12-6-3-10(4-7-12)15(19-18)11-5-8-14(17)13(16)9-11/h3-9,15,19H,2,18H2,1H3. The highest BCUT2D eigenvalue weighted by molar-refractivity contribution is 9.10. The van der Waals surface area contributed by atoms with Crippen molar-refractivity contribution in [3.8, 4) is 5.75 Å². The van der Waals surface area contributed by atoms with Crippen molar-refractivity contribution in [1.29, 1.82) is 0 Å². The molecule has 0 aromatic heterocycles. The van der Waals surface area contributed by atoms with E-state index in [4.69, 9.17) is 22.2 Å². The average molecular weight is 356 g/mol. The number of nitrogens with one attached hydrogen (secondary N) is 1. The molecule has 0 saturated heterocycles. The maximum absolute atomic E-state index is 6.02. The first-order valence-corrected chi connectivity index (χ1v) is 7.46. The molecule has 1 unspecified atom stereocenters. The van der Waals surface area contributed by atoms with E-state index in [1.165, 1.54) is 0 Å². The molecule has 106 valence electrons. The van der Waals surface area contributed by atoms with Gasteiger partial charge < -0.3 is 4.74 Å². The maximum atomic E-state index is 6.02. The molecule has 1 atom stereocenters. The van der Waals surface area contributed by atoms with Gasteiger partial charge in [0.05, 0.1) is 17.7 Å². The summed E-state index contributed by atoms with van der Waals surface area (Å²) in [5.74, 6) is 6.54. The van der Waals surface area contributed by atoms with Gasteiger partial charge >= 0.3 is 0 Å². The second kappa shape index (κ2) is 7.09. The molecule has 2 rings (SSSR count). The molecule has 0 spiro atoms. The number of hydrogen-bond donors (Lipinski definition) is 2. The van der Waals surface area contributed by atoms with Crippen molar-refractivity contribution >= 4 is 27.5 Å². The Kier molecular flexibility index (Phi) is 5.43. The van der Waals surface area contributed by atoms with E-state index >= 15 is 0 Å². The van der Waals surface area contributed by atoms with Gasteiger partial charge in [0.2, 0.25) is 0 Å². The third-order valence-corrected chi connectivity index (χ3v) is 4.18. The fourth-order valence-corrected chi connectivity index (χ4v) is 2.51. The van der Waals surface area contributed by atoms with Crippen molar-refractivity contribution < 1.29 is 4.74 Å². The van der Waals surface area contributed by atoms with Crippen LogP contribution in [0.1, 0.15) is 24.1 Å². The van der Waals surface area contributed by atoms with E-state index in [1.54, 1.807) is 0 Å². The van der Waals surface area contributed by atoms with Gasteiger partial charge in [0.15, 0.2) is 0 Å². The Morgan fingerprint density at radius 1 is 1.20 bits per heavy atom. The summed E-state index contributed by atoms with van der Waals surface area (Å²) >= 11 is 9.44. The van der Waals surface area contributed by atoms with Crippen LogP contribution in [-0.2, 0) is 0 Å². The topological polar surface area (TPSA) is 47.3 Å². The Morgan fingerprint density at radius 2 is 1.85 bits per heavy atom. The van der Waals surface area contributed by atoms with Crippen LogP contribution in [0.15, 0.2) is 46.9 Å². The number of ether oxygens (including phenoxy) is 1. The predicted molar refractivity (Wildman–Crippen MR) is 85.9 cm³/mol. The van der Waals surface area contributed by atoms with Crippen LogP contribution in [0.5, 0.6) is 5.75 Å². The summed E-state index contributed by atoms with van der Waals surface area (Å²) in [6, 6.07) is 13.5. The first kappa shape index (κ1) is 15.3. The zero-order valence-corrected chi connectivity index (χ0v) is 13.4. The van der Waals surface area contributed by atoms with E-state index in [2.05, 4.69) is 21.4 Å². The molecular weight excluding hydrogens is 340 g/mol. The first-order valence-electron chi connectivity index (χ1n) is 6.29. The van der Waals surface area contributed by atoms with Gasteiger partial charge in [-0.05, 0) is 58.2 Å². The van der Waals surface area contributed by atoms with E-state index < -0.39 is 0 Å². The van der Waals surface area contributed by atoms with E-state index in [0.717, 1.165) is 21.3 Å². The molecule has 20 heavy (non-hydrogen) atoms. The van der Waals surface area contributed by atoms with Crippen molar-refractivity contribution in [3.63, 3.8) is 0 Å². The lowest BCUT2D eigenvalue weighted by Crippen LogP contribution is -2.28. The molecule has 0 radical (unpaired) electrons. The number of nitrogens with two attached hydrogens (primary N) is 1. The van der Waals surface area contributed by atoms with E-state index in [-0.39, 0.29) is 6.04 Å². The van der Waals surface area contributed by atoms with Crippen LogP contribution < -0.4 is 16.0 Å². The SMILES string of the molecule is CCOc1ccc(C(NN)c2ccc(Cl)c(Br)c2)cc1. The molecule has 0 amide bonds. The molecule has 0 saturated carbocycles. The molecule has 3 N–H and O–H groups in total. The minimum Gasteiger partial charge on any atom is -0.494 e. The number of rotatable bonds is 5. The zero-order valence-electron chi connectivity index (χ0n) is 11.1. The Hall–Kier alpha value is -1.07. The molecule has 2 aromatic rings. The van der Waals surface area contributed by atoms with Crippen molar-refractivity contribution in [2.45, 2.75) is 13.0 Å². The fourth-order valence-electron chi connectivity index (χ4n) is 2.00. The summed E-state index contributed by atoms with van der Waals surface area (Å²) in [4.78, 5) is 0. The average Bonchev–Trinajstić information content (AvgIpc) is 2.46. The quantitative estimate of drug-likeness (QED) is 0.628. The summed E-state index contributed by atoms with van der Waals surface area (Å²) in [5, 5.41) is 0.677. The van der Waals surface area contributed by atoms with Gasteiger partial charge in [-0.2, -0.15) is 0 Å². The van der Waals surface area contributed by atoms with Crippen LogP contribution in [0, 0.1) is 0 Å². The number of hydrogen-bond acceptors (Lipinski definition) is 3. The molecule has 0 aliphatic heterocycles. The molecule has 2 aromatic carbocycles. The molecule has 3 nitrogen and oxygen atoms in total. The third-order valence-electron chi connectivity index (χ3n) is 2.97. The van der Waals surface area contributed by atoms with Crippen LogP contribution in [0.2, 0.25) is 5.02 Å². The predicted octanol–water partition coefficient (Wildman–Crippen LogP) is 4.05. The smallest absolute Gasteiger partial charge is 0.119 e. The van der Waals surface area contributed by atoms with Crippen LogP contribution in [0.3, 0.4) is 0 Å². The highest BCUT2D eigenvalue weighted by atomic mass is 79.9. The number of hydrazine groups is 1. The molecule has 0 bridgehead atoms. The van der Waals surface area contributed by atoms with Gasteiger partial charge in [0.1, 0.15) is 5.75 Å². The van der Waals surface area contributed by atoms with Crippen molar-refractivity contribution in [2.24, 2.45) is 5.84 Å². The second-order valence-corrected chi connectivity index (χ2v) is 5.54. The van der Waals surface area contributed by atoms with Crippen LogP contribution >= 0.6 is 27.5 Å². The van der Waals surface area contributed by atoms with Gasteiger partial charge in [-0.15, -0.1) is 0 Å². The summed E-state index contributed by atoms with van der Waals surface area (Å²) in [6.45, 7) is 2.62. The Labute approximate surface area is 132 Å². The first-order chi connectivity index (χ1) is 9.65. The number of halogens is 2. The van der Waals surface area contributed by atoms with Crippen molar-refractivity contribution in [3.05, 3.63) is 63.1 Å². The van der Waals surface area contributed by atoms with Gasteiger partial charge in [-0.3, -0.25) is 5.84 Å². The van der Waals surface area contributed by atoms with Gasteiger partial charge in [0.25, 0.3) is 0 Å². The maximum Gasteiger partial charge on any atom is 0.119 e. The minimum absolute atomic E-state index is 0.0979. The van der Waals surface area contributed by atoms with Crippen molar-refractivity contribution in [1.82, 2.24) is 5.43 Å². The number of benzene rings is 2. The van der Waals surface area contributed by atoms with Crippen molar-refractivity contribution in [2.75, 3.05) is 6.61 Å². The molecule has 0 aliphatic carbocycles. The summed E-state index contributed by atoms with van der Waals surface area (Å²) in [5.41, 5.74) is 4.92. The third kappa shape index (κ3) is 3.52. The lowest BCUT2D eigenvalue weighted by atomic mass is 9.99. The second-order valence-electron chi connectivity index (χ2n) is 4.28. The van der Waals surface area contributed by atoms with Gasteiger partial charge in [-0.1, -0.05) is 29.8 Å². The molecule has 0 fully saturated rings. The molecular formula is C15H16BrClN2O. The van der Waals surface area contributed by atoms with Crippen LogP contribution in [0.25, 0.3) is 0 Å². The van der Waals surface area contributed by atoms with Gasteiger partial charge in [-0.25, -0.2) is 5.43 Å². The van der Waals surface area contributed by atoms with E-state index in [0.29, 0.717) is 11.6 Å². The minimum atomic E-state index is -0.0979. The summed E-state index contributed by atoms with van der Waals surface area (Å²) in [7, 11) is 0. The largest absolute Gasteiger partial charge is 0.494 e. The lowest BCUT2D eigenvalue weighted by Gasteiger charge is -2.18. The fraction of sp³-hybridized carbons (Fsp3) is 0.200. The van der Waals surface area contributed by atoms with Crippen LogP contribution in [-0.4, -0.2) is 6.61 Å². The highest BCUT2D eigenvalue weighted by Crippen LogP contribution is 2.29. The molecule has 5 heteroatoms. The normalized spacial score (nSPS) is 12.2. The zero-order chi connectivity index (χ0) is 14.5. The molecule has 0 aliphatic rings. The Bertz CT molecular complexity index is 575. The Morgan fingerprint density at radius 3 is 2.40 bits per heavy atom. The Balaban J connectivity index is 2.29. The van der Waals surface area contributed by atoms with Gasteiger partial charge in [0, 0.05) is 4.47 Å². The summed E-state index contributed by atoms with van der Waals surface area (Å²) < 4.78 is 6.29. The monoisotopic (exact) mass is 354 g/mol. The van der Waals surface area contributed by atoms with Crippen LogP contribution in [0.4, 0.5) is 0 Å². The van der Waals surface area contributed by atoms with E-state index in [1.807, 2.05) is 49.4 Å². The summed E-state index contributed by atoms with van der Waals surface area (Å²) in [6.07, 6.45) is 0. The van der Waals surface area contributed by atoms with E-state index in [9.17, 15) is 0 Å². The highest BCUT2D eigenvalue weighted by Gasteiger charge is 2.13. The lowest BCUT2D eigenvalue weighted by molar-refractivity contribution is 0.340. The molecule has 0 heterocycles.